The molecule has 7 nitrogen and oxygen atoms in total. The summed E-state index contributed by atoms with van der Waals surface area (Å²) in [6, 6.07) is -0.0221. The van der Waals surface area contributed by atoms with Gasteiger partial charge in [0.2, 0.25) is 10.0 Å². The monoisotopic (exact) mass is 301 g/mol. The maximum atomic E-state index is 12.3. The minimum absolute atomic E-state index is 0.0221. The third kappa shape index (κ3) is 4.02. The van der Waals surface area contributed by atoms with E-state index >= 15 is 0 Å². The van der Waals surface area contributed by atoms with Crippen molar-refractivity contribution in [1.82, 2.24) is 19.4 Å². The van der Waals surface area contributed by atoms with Crippen LogP contribution < -0.4 is 10.5 Å². The lowest BCUT2D eigenvalue weighted by Crippen LogP contribution is -2.46. The molecular weight excluding hydrogens is 278 g/mol. The molecule has 3 N–H and O–H groups in total. The van der Waals surface area contributed by atoms with Crippen molar-refractivity contribution >= 4 is 10.0 Å². The van der Waals surface area contributed by atoms with Gasteiger partial charge in [0.05, 0.1) is 6.20 Å². The van der Waals surface area contributed by atoms with E-state index in [0.717, 1.165) is 32.4 Å². The zero-order chi connectivity index (χ0) is 14.6. The number of piperidine rings is 1. The number of nitrogens with one attached hydrogen (secondary N) is 1. The number of likely N-dealkylation sites (N-methyl/N-ethyl adjacent to an activating group) is 1. The van der Waals surface area contributed by atoms with Crippen molar-refractivity contribution in [3.05, 3.63) is 12.4 Å². The topological polar surface area (TPSA) is 93.2 Å². The number of likely N-dealkylation sites (tertiary alicyclic amines) is 1. The van der Waals surface area contributed by atoms with E-state index in [9.17, 15) is 8.42 Å². The second-order valence-electron chi connectivity index (χ2n) is 5.30. The normalized spacial score (nSPS) is 21.2. The first-order valence-corrected chi connectivity index (χ1v) is 8.43. The van der Waals surface area contributed by atoms with Crippen molar-refractivity contribution in [2.75, 3.05) is 26.7 Å². The molecule has 0 bridgehead atoms. The van der Waals surface area contributed by atoms with Crippen LogP contribution in [0.1, 0.15) is 19.3 Å². The molecule has 20 heavy (non-hydrogen) atoms. The van der Waals surface area contributed by atoms with E-state index in [1.54, 1.807) is 10.9 Å². The summed E-state index contributed by atoms with van der Waals surface area (Å²) in [7, 11) is -1.47. The Labute approximate surface area is 120 Å². The lowest BCUT2D eigenvalue weighted by molar-refractivity contribution is 0.242. The summed E-state index contributed by atoms with van der Waals surface area (Å²) in [5.74, 6) is 0. The fraction of sp³-hybridized carbons (Fsp3) is 0.750. The van der Waals surface area contributed by atoms with Crippen molar-refractivity contribution in [2.45, 2.75) is 36.7 Å². The fourth-order valence-corrected chi connectivity index (χ4v) is 3.62. The number of aromatic nitrogens is 2. The Bertz CT molecular complexity index is 528. The maximum absolute atomic E-state index is 12.3. The first kappa shape index (κ1) is 15.4. The number of aryl methyl sites for hydroxylation is 1. The molecule has 0 aliphatic carbocycles. The minimum atomic E-state index is -3.48. The lowest BCUT2D eigenvalue weighted by atomic mass is 10.1. The summed E-state index contributed by atoms with van der Waals surface area (Å²) in [6.45, 7) is 2.97. The second-order valence-corrected chi connectivity index (χ2v) is 7.02. The van der Waals surface area contributed by atoms with Crippen molar-refractivity contribution < 1.29 is 8.42 Å². The van der Waals surface area contributed by atoms with Crippen LogP contribution in [-0.2, 0) is 16.6 Å². The van der Waals surface area contributed by atoms with Crippen LogP contribution in [0.15, 0.2) is 17.3 Å². The highest BCUT2D eigenvalue weighted by molar-refractivity contribution is 7.89. The van der Waals surface area contributed by atoms with Crippen LogP contribution in [0.4, 0.5) is 0 Å². The Hall–Kier alpha value is -0.960. The Morgan fingerprint density at radius 3 is 3.05 bits per heavy atom. The van der Waals surface area contributed by atoms with E-state index < -0.39 is 10.0 Å². The molecule has 1 fully saturated rings. The van der Waals surface area contributed by atoms with Gasteiger partial charge in [-0.1, -0.05) is 0 Å². The van der Waals surface area contributed by atoms with Crippen molar-refractivity contribution in [1.29, 1.82) is 0 Å². The van der Waals surface area contributed by atoms with Gasteiger partial charge in [-0.25, -0.2) is 13.1 Å². The van der Waals surface area contributed by atoms with Crippen LogP contribution >= 0.6 is 0 Å². The largest absolute Gasteiger partial charge is 0.330 e. The van der Waals surface area contributed by atoms with Gasteiger partial charge in [0, 0.05) is 25.3 Å². The summed E-state index contributed by atoms with van der Waals surface area (Å²) in [6.07, 6.45) is 5.63. The predicted molar refractivity (Wildman–Crippen MR) is 76.7 cm³/mol. The molecule has 2 heterocycles. The zero-order valence-corrected chi connectivity index (χ0v) is 12.6. The summed E-state index contributed by atoms with van der Waals surface area (Å²) in [5.41, 5.74) is 5.43. The third-order valence-corrected chi connectivity index (χ3v) is 4.93. The van der Waals surface area contributed by atoms with Crippen LogP contribution in [0.2, 0.25) is 0 Å². The molecule has 1 atom stereocenters. The molecule has 0 radical (unpaired) electrons. The van der Waals surface area contributed by atoms with E-state index in [-0.39, 0.29) is 10.9 Å². The van der Waals surface area contributed by atoms with Gasteiger partial charge in [0.1, 0.15) is 4.90 Å². The molecule has 114 valence electrons. The Morgan fingerprint density at radius 1 is 1.55 bits per heavy atom. The third-order valence-electron chi connectivity index (χ3n) is 3.46. The molecule has 8 heteroatoms. The van der Waals surface area contributed by atoms with E-state index in [2.05, 4.69) is 14.7 Å². The van der Waals surface area contributed by atoms with E-state index in [1.165, 1.54) is 6.20 Å². The van der Waals surface area contributed by atoms with Crippen LogP contribution in [0, 0.1) is 0 Å². The van der Waals surface area contributed by atoms with E-state index in [4.69, 9.17) is 5.73 Å². The van der Waals surface area contributed by atoms with Crippen LogP contribution in [-0.4, -0.2) is 55.8 Å². The first-order chi connectivity index (χ1) is 9.51. The second kappa shape index (κ2) is 6.66. The molecular formula is C12H23N5O2S. The van der Waals surface area contributed by atoms with E-state index in [0.29, 0.717) is 13.1 Å². The maximum Gasteiger partial charge on any atom is 0.243 e. The van der Waals surface area contributed by atoms with Crippen LogP contribution in [0.25, 0.3) is 0 Å². The quantitative estimate of drug-likeness (QED) is 0.746. The highest BCUT2D eigenvalue weighted by Crippen LogP contribution is 2.13. The van der Waals surface area contributed by atoms with Gasteiger partial charge in [-0.05, 0) is 39.4 Å². The zero-order valence-electron chi connectivity index (χ0n) is 11.8. The van der Waals surface area contributed by atoms with Gasteiger partial charge in [-0.2, -0.15) is 5.10 Å². The number of rotatable bonds is 6. The Kier molecular flexibility index (Phi) is 5.14. The molecule has 1 aromatic heterocycles. The first-order valence-electron chi connectivity index (χ1n) is 6.94. The van der Waals surface area contributed by atoms with Gasteiger partial charge in [-0.15, -0.1) is 0 Å². The van der Waals surface area contributed by atoms with Gasteiger partial charge >= 0.3 is 0 Å². The van der Waals surface area contributed by atoms with Gasteiger partial charge in [0.25, 0.3) is 0 Å². The predicted octanol–water partition coefficient (Wildman–Crippen LogP) is -0.396. The number of hydrogen-bond donors (Lipinski definition) is 2. The highest BCUT2D eigenvalue weighted by Gasteiger charge is 2.24. The average molecular weight is 301 g/mol. The number of hydrogen-bond acceptors (Lipinski definition) is 5. The Morgan fingerprint density at radius 2 is 2.35 bits per heavy atom. The number of sulfonamides is 1. The lowest BCUT2D eigenvalue weighted by Gasteiger charge is -2.29. The molecule has 1 unspecified atom stereocenters. The fourth-order valence-electron chi connectivity index (χ4n) is 2.41. The Balaban J connectivity index is 2.00. The SMILES string of the molecule is CN1CCCC(NS(=O)(=O)c2cnn(CCCN)c2)C1. The molecule has 1 aromatic rings. The number of nitrogens with two attached hydrogens (primary N) is 1. The smallest absolute Gasteiger partial charge is 0.243 e. The van der Waals surface area contributed by atoms with Crippen molar-refractivity contribution in [3.8, 4) is 0 Å². The summed E-state index contributed by atoms with van der Waals surface area (Å²) in [4.78, 5) is 2.37. The van der Waals surface area contributed by atoms with Gasteiger partial charge in [0.15, 0.2) is 0 Å². The molecule has 1 saturated heterocycles. The standard InChI is InChI=1S/C12H23N5O2S/c1-16-6-2-4-11(9-16)15-20(18,19)12-8-14-17(10-12)7-3-5-13/h8,10-11,15H,2-7,9,13H2,1H3. The van der Waals surface area contributed by atoms with E-state index in [1.807, 2.05) is 7.05 Å². The molecule has 2 rings (SSSR count). The molecule has 1 aliphatic heterocycles. The highest BCUT2D eigenvalue weighted by atomic mass is 32.2. The average Bonchev–Trinajstić information content (AvgIpc) is 2.85. The van der Waals surface area contributed by atoms with Crippen molar-refractivity contribution in [3.63, 3.8) is 0 Å². The molecule has 0 amide bonds. The van der Waals surface area contributed by atoms with Gasteiger partial charge in [-0.3, -0.25) is 4.68 Å². The molecule has 0 spiro atoms. The molecule has 0 aromatic carbocycles. The van der Waals surface area contributed by atoms with Crippen LogP contribution in [0.5, 0.6) is 0 Å². The summed E-state index contributed by atoms with van der Waals surface area (Å²) >= 11 is 0. The molecule has 0 saturated carbocycles. The van der Waals surface area contributed by atoms with Crippen LogP contribution in [0.3, 0.4) is 0 Å². The summed E-state index contributed by atoms with van der Waals surface area (Å²) in [5, 5.41) is 4.06. The summed E-state index contributed by atoms with van der Waals surface area (Å²) < 4.78 is 29.0. The van der Waals surface area contributed by atoms with Gasteiger partial charge < -0.3 is 10.6 Å². The van der Waals surface area contributed by atoms with Crippen molar-refractivity contribution in [2.24, 2.45) is 5.73 Å². The number of nitrogens with zero attached hydrogens (tertiary/aromatic N) is 3. The minimum Gasteiger partial charge on any atom is -0.330 e. The molecule has 1 aliphatic rings.